The number of hydrogen-bond donors (Lipinski definition) is 1. The average molecular weight is 239 g/mol. The summed E-state index contributed by atoms with van der Waals surface area (Å²) in [5.74, 6) is 0. The van der Waals surface area contributed by atoms with Crippen molar-refractivity contribution in [3.8, 4) is 0 Å². The van der Waals surface area contributed by atoms with E-state index >= 15 is 0 Å². The lowest BCUT2D eigenvalue weighted by molar-refractivity contribution is -0.0864. The molecule has 17 heavy (non-hydrogen) atoms. The van der Waals surface area contributed by atoms with Crippen LogP contribution in [0, 0.1) is 0 Å². The molecule has 0 bridgehead atoms. The number of aryl methyl sites for hydroxylation is 1. The van der Waals surface area contributed by atoms with Gasteiger partial charge in [0.05, 0.1) is 37.9 Å². The fourth-order valence-corrected chi connectivity index (χ4v) is 1.95. The highest BCUT2D eigenvalue weighted by Crippen LogP contribution is 2.02. The SMILES string of the molecule is CCCn1cncc1CNCC1COCCO1. The average Bonchev–Trinajstić information content (AvgIpc) is 2.79. The smallest absolute Gasteiger partial charge is 0.0948 e. The molecular weight excluding hydrogens is 218 g/mol. The molecule has 5 heteroatoms. The van der Waals surface area contributed by atoms with Crippen molar-refractivity contribution in [2.45, 2.75) is 32.5 Å². The van der Waals surface area contributed by atoms with Crippen molar-refractivity contribution >= 4 is 0 Å². The Kier molecular flexibility index (Phi) is 4.97. The third kappa shape index (κ3) is 3.80. The molecule has 0 spiro atoms. The van der Waals surface area contributed by atoms with Gasteiger partial charge >= 0.3 is 0 Å². The van der Waals surface area contributed by atoms with Gasteiger partial charge in [-0.05, 0) is 6.42 Å². The van der Waals surface area contributed by atoms with Crippen LogP contribution in [0.3, 0.4) is 0 Å². The van der Waals surface area contributed by atoms with Gasteiger partial charge in [-0.2, -0.15) is 0 Å². The van der Waals surface area contributed by atoms with Gasteiger partial charge in [-0.1, -0.05) is 6.92 Å². The molecule has 1 atom stereocenters. The topological polar surface area (TPSA) is 48.3 Å². The van der Waals surface area contributed by atoms with Crippen LogP contribution in [0.5, 0.6) is 0 Å². The van der Waals surface area contributed by atoms with Crippen LogP contribution in [0.15, 0.2) is 12.5 Å². The zero-order chi connectivity index (χ0) is 11.9. The zero-order valence-electron chi connectivity index (χ0n) is 10.4. The minimum absolute atomic E-state index is 0.186. The van der Waals surface area contributed by atoms with Crippen LogP contribution in [0.4, 0.5) is 0 Å². The van der Waals surface area contributed by atoms with E-state index in [0.717, 1.165) is 32.7 Å². The van der Waals surface area contributed by atoms with Gasteiger partial charge in [0.15, 0.2) is 0 Å². The van der Waals surface area contributed by atoms with Gasteiger partial charge in [-0.15, -0.1) is 0 Å². The zero-order valence-corrected chi connectivity index (χ0v) is 10.4. The number of nitrogens with one attached hydrogen (secondary N) is 1. The van der Waals surface area contributed by atoms with Gasteiger partial charge in [0.1, 0.15) is 0 Å². The molecule has 1 aliphatic heterocycles. The summed E-state index contributed by atoms with van der Waals surface area (Å²) in [5, 5.41) is 3.39. The van der Waals surface area contributed by atoms with Crippen molar-refractivity contribution in [1.82, 2.24) is 14.9 Å². The maximum atomic E-state index is 5.57. The monoisotopic (exact) mass is 239 g/mol. The molecule has 1 aromatic heterocycles. The Morgan fingerprint density at radius 3 is 3.24 bits per heavy atom. The Balaban J connectivity index is 1.71. The van der Waals surface area contributed by atoms with Gasteiger partial charge in [0, 0.05) is 25.8 Å². The van der Waals surface area contributed by atoms with Crippen molar-refractivity contribution in [2.75, 3.05) is 26.4 Å². The second-order valence-corrected chi connectivity index (χ2v) is 4.28. The summed E-state index contributed by atoms with van der Waals surface area (Å²) in [5.41, 5.74) is 1.23. The lowest BCUT2D eigenvalue weighted by Gasteiger charge is -2.23. The van der Waals surface area contributed by atoms with Crippen LogP contribution >= 0.6 is 0 Å². The maximum absolute atomic E-state index is 5.57. The molecule has 2 rings (SSSR count). The highest BCUT2D eigenvalue weighted by molar-refractivity contribution is 4.97. The first kappa shape index (κ1) is 12.5. The summed E-state index contributed by atoms with van der Waals surface area (Å²) in [7, 11) is 0. The van der Waals surface area contributed by atoms with Crippen molar-refractivity contribution in [1.29, 1.82) is 0 Å². The lowest BCUT2D eigenvalue weighted by atomic mass is 10.3. The summed E-state index contributed by atoms with van der Waals surface area (Å²) in [6.45, 7) is 6.99. The highest BCUT2D eigenvalue weighted by Gasteiger charge is 2.13. The molecule has 1 saturated heterocycles. The van der Waals surface area contributed by atoms with Crippen LogP contribution < -0.4 is 5.32 Å². The molecule has 1 fully saturated rings. The normalized spacial score (nSPS) is 20.6. The predicted molar refractivity (Wildman–Crippen MR) is 64.8 cm³/mol. The summed E-state index contributed by atoms with van der Waals surface area (Å²) >= 11 is 0. The fraction of sp³-hybridized carbons (Fsp3) is 0.750. The first-order valence-corrected chi connectivity index (χ1v) is 6.29. The number of aromatic nitrogens is 2. The Hall–Kier alpha value is -0.910. The van der Waals surface area contributed by atoms with E-state index in [2.05, 4.69) is 21.8 Å². The van der Waals surface area contributed by atoms with Crippen LogP contribution in [-0.4, -0.2) is 42.0 Å². The van der Waals surface area contributed by atoms with E-state index in [0.29, 0.717) is 13.2 Å². The second-order valence-electron chi connectivity index (χ2n) is 4.28. The van der Waals surface area contributed by atoms with Crippen molar-refractivity contribution in [3.05, 3.63) is 18.2 Å². The molecule has 1 aromatic rings. The first-order chi connectivity index (χ1) is 8.40. The van der Waals surface area contributed by atoms with Crippen LogP contribution in [0.25, 0.3) is 0 Å². The van der Waals surface area contributed by atoms with Gasteiger partial charge < -0.3 is 19.4 Å². The third-order valence-electron chi connectivity index (χ3n) is 2.83. The summed E-state index contributed by atoms with van der Waals surface area (Å²) in [6, 6.07) is 0. The maximum Gasteiger partial charge on any atom is 0.0948 e. The Labute approximate surface area is 102 Å². The molecule has 0 saturated carbocycles. The largest absolute Gasteiger partial charge is 0.376 e. The predicted octanol–water partition coefficient (Wildman–Crippen LogP) is 0.798. The molecule has 0 radical (unpaired) electrons. The summed E-state index contributed by atoms with van der Waals surface area (Å²) < 4.78 is 13.1. The van der Waals surface area contributed by atoms with Crippen LogP contribution in [0.2, 0.25) is 0 Å². The van der Waals surface area contributed by atoms with Gasteiger partial charge in [0.2, 0.25) is 0 Å². The van der Waals surface area contributed by atoms with E-state index in [-0.39, 0.29) is 6.10 Å². The van der Waals surface area contributed by atoms with Crippen molar-refractivity contribution in [2.24, 2.45) is 0 Å². The Bertz CT molecular complexity index is 321. The number of imidazole rings is 1. The number of hydrogen-bond acceptors (Lipinski definition) is 4. The highest BCUT2D eigenvalue weighted by atomic mass is 16.6. The minimum Gasteiger partial charge on any atom is -0.376 e. The second kappa shape index (κ2) is 6.74. The summed E-state index contributed by atoms with van der Waals surface area (Å²) in [4.78, 5) is 4.17. The van der Waals surface area contributed by atoms with Crippen LogP contribution in [0.1, 0.15) is 19.0 Å². The molecule has 96 valence electrons. The molecular formula is C12H21N3O2. The van der Waals surface area contributed by atoms with E-state index in [4.69, 9.17) is 9.47 Å². The van der Waals surface area contributed by atoms with E-state index in [9.17, 15) is 0 Å². The van der Waals surface area contributed by atoms with Gasteiger partial charge in [0.25, 0.3) is 0 Å². The quantitative estimate of drug-likeness (QED) is 0.797. The number of nitrogens with zero attached hydrogens (tertiary/aromatic N) is 2. The van der Waals surface area contributed by atoms with E-state index in [1.54, 1.807) is 0 Å². The molecule has 5 nitrogen and oxygen atoms in total. The molecule has 0 aliphatic carbocycles. The molecule has 1 N–H and O–H groups in total. The third-order valence-corrected chi connectivity index (χ3v) is 2.83. The van der Waals surface area contributed by atoms with Crippen molar-refractivity contribution < 1.29 is 9.47 Å². The lowest BCUT2D eigenvalue weighted by Crippen LogP contribution is -2.37. The van der Waals surface area contributed by atoms with E-state index in [1.165, 1.54) is 5.69 Å². The summed E-state index contributed by atoms with van der Waals surface area (Å²) in [6.07, 6.45) is 5.12. The molecule has 0 amide bonds. The standard InChI is InChI=1S/C12H21N3O2/c1-2-3-15-10-14-7-11(15)6-13-8-12-9-16-4-5-17-12/h7,10,12-13H,2-6,8-9H2,1H3. The van der Waals surface area contributed by atoms with E-state index < -0.39 is 0 Å². The van der Waals surface area contributed by atoms with Gasteiger partial charge in [-0.3, -0.25) is 0 Å². The number of ether oxygens (including phenoxy) is 2. The number of rotatable bonds is 6. The Morgan fingerprint density at radius 2 is 2.47 bits per heavy atom. The van der Waals surface area contributed by atoms with Gasteiger partial charge in [-0.25, -0.2) is 4.98 Å². The van der Waals surface area contributed by atoms with E-state index in [1.807, 2.05) is 12.5 Å². The van der Waals surface area contributed by atoms with Crippen molar-refractivity contribution in [3.63, 3.8) is 0 Å². The fourth-order valence-electron chi connectivity index (χ4n) is 1.95. The molecule has 1 unspecified atom stereocenters. The molecule has 0 aromatic carbocycles. The minimum atomic E-state index is 0.186. The molecule has 1 aliphatic rings. The van der Waals surface area contributed by atoms with Crippen LogP contribution in [-0.2, 0) is 22.6 Å². The first-order valence-electron chi connectivity index (χ1n) is 6.29. The molecule has 2 heterocycles. The Morgan fingerprint density at radius 1 is 1.53 bits per heavy atom.